The standard InChI is InChI=1S/C30H41O.C22H25.2CH3.2ClH.H3Si.Zr/c1-22-21-24-13-12-15-27(23-16-18-25(19-17-23)29(2,3)4)28(24)26(22)14-10-8-9-11-20-31-30(5,6)7;1-15(2)18-13-17-7-6-8-20(21(17)14-18)16-9-11-19(12-10-16)22(3,4)5;;;;;;/h12-13,15-19,21H,8-11,14,20H2,1-7H3;6-15H,1-5H3;2*1H3;2*1H;1H3;/q;;;;;;;+2/p-2. The minimum atomic E-state index is -6.05. The number of hydrogen-bond acceptors (Lipinski definition) is 1. The number of rotatable bonds is 12. The number of benzene rings is 4. The van der Waals surface area contributed by atoms with Gasteiger partial charge >= 0.3 is 366 Å². The van der Waals surface area contributed by atoms with Gasteiger partial charge in [-0.3, -0.25) is 0 Å². The van der Waals surface area contributed by atoms with Gasteiger partial charge in [0.15, 0.2) is 0 Å². The molecule has 2 aliphatic carbocycles. The molecule has 0 saturated heterocycles. The number of hydrogen-bond donors (Lipinski definition) is 0. The molecule has 59 heavy (non-hydrogen) atoms. The van der Waals surface area contributed by atoms with Crippen LogP contribution in [0, 0.1) is 5.92 Å². The van der Waals surface area contributed by atoms with Crippen LogP contribution in [0.3, 0.4) is 0 Å². The van der Waals surface area contributed by atoms with E-state index >= 15 is 0 Å². The van der Waals surface area contributed by atoms with Gasteiger partial charge in [-0.2, -0.15) is 0 Å². The summed E-state index contributed by atoms with van der Waals surface area (Å²) in [6.07, 6.45) is 8.05. The number of ether oxygens (including phenoxy) is 1. The summed E-state index contributed by atoms with van der Waals surface area (Å²) in [5, 5.41) is 0. The van der Waals surface area contributed by atoms with Crippen LogP contribution in [0.2, 0.25) is 9.26 Å². The van der Waals surface area contributed by atoms with E-state index in [0.29, 0.717) is 7.37 Å². The maximum atomic E-state index is 9.09. The van der Waals surface area contributed by atoms with Crippen molar-refractivity contribution in [1.82, 2.24) is 0 Å². The van der Waals surface area contributed by atoms with Crippen LogP contribution < -0.4 is 0 Å². The number of fused-ring (bicyclic) bond motifs is 2. The van der Waals surface area contributed by atoms with Crippen LogP contribution in [-0.2, 0) is 28.2 Å². The molecule has 0 spiro atoms. The molecule has 2 unspecified atom stereocenters. The van der Waals surface area contributed by atoms with Gasteiger partial charge in [-0.15, -0.1) is 0 Å². The van der Waals surface area contributed by atoms with Gasteiger partial charge in [-0.25, -0.2) is 0 Å². The fourth-order valence-corrected chi connectivity index (χ4v) is 43.8. The molecule has 0 N–H and O–H groups in total. The van der Waals surface area contributed by atoms with Crippen LogP contribution in [0.25, 0.3) is 33.9 Å². The Bertz CT molecular complexity index is 2300. The van der Waals surface area contributed by atoms with Gasteiger partial charge in [0.2, 0.25) is 0 Å². The fourth-order valence-electron chi connectivity index (χ4n) is 11.1. The fraction of sp³-hybridized carbons (Fsp3) is 0.481. The summed E-state index contributed by atoms with van der Waals surface area (Å²) in [6, 6.07) is 32.4. The quantitative estimate of drug-likeness (QED) is 0.102. The molecule has 5 heteroatoms. The number of unbranched alkanes of at least 4 members (excludes halogenated alkanes) is 3. The van der Waals surface area contributed by atoms with Crippen molar-refractivity contribution in [1.29, 1.82) is 0 Å². The van der Waals surface area contributed by atoms with Crippen molar-refractivity contribution in [3.8, 4) is 22.3 Å². The van der Waals surface area contributed by atoms with Gasteiger partial charge in [0.25, 0.3) is 0 Å². The Morgan fingerprint density at radius 2 is 1.14 bits per heavy atom. The predicted molar refractivity (Wildman–Crippen MR) is 264 cm³/mol. The molecule has 0 amide bonds. The van der Waals surface area contributed by atoms with Crippen molar-refractivity contribution in [2.75, 3.05) is 6.61 Å². The molecule has 0 radical (unpaired) electrons. The molecule has 0 fully saturated rings. The van der Waals surface area contributed by atoms with Crippen molar-refractivity contribution < 1.29 is 17.3 Å². The molecule has 1 nitrogen and oxygen atoms in total. The van der Waals surface area contributed by atoms with Crippen LogP contribution in [0.4, 0.5) is 0 Å². The Morgan fingerprint density at radius 3 is 1.64 bits per heavy atom. The van der Waals surface area contributed by atoms with Crippen LogP contribution in [-0.4, -0.2) is 19.6 Å². The van der Waals surface area contributed by atoms with Gasteiger partial charge < -0.3 is 0 Å². The molecular weight excluding hydrogens is 855 g/mol. The Balaban J connectivity index is 1.51. The van der Waals surface area contributed by atoms with Crippen LogP contribution in [0.5, 0.6) is 0 Å². The Morgan fingerprint density at radius 1 is 0.644 bits per heavy atom. The number of allylic oxidation sites excluding steroid dienone is 3. The van der Waals surface area contributed by atoms with E-state index in [2.05, 4.69) is 183 Å². The molecule has 0 heterocycles. The van der Waals surface area contributed by atoms with Gasteiger partial charge in [0, 0.05) is 0 Å². The van der Waals surface area contributed by atoms with E-state index < -0.39 is 12.6 Å². The summed E-state index contributed by atoms with van der Waals surface area (Å²) in [5.41, 5.74) is 17.4. The van der Waals surface area contributed by atoms with E-state index in [-0.39, 0.29) is 29.6 Å². The zero-order valence-corrected chi connectivity index (χ0v) is 45.3. The molecule has 0 aliphatic heterocycles. The third kappa shape index (κ3) is 9.23. The molecule has 2 atom stereocenters. The second kappa shape index (κ2) is 14.8. The molecule has 6 rings (SSSR count). The summed E-state index contributed by atoms with van der Waals surface area (Å²) >= 11 is -6.05. The van der Waals surface area contributed by atoms with E-state index in [4.69, 9.17) is 21.8 Å². The van der Waals surface area contributed by atoms with Crippen molar-refractivity contribution >= 4 is 36.0 Å². The van der Waals surface area contributed by atoms with Crippen LogP contribution >= 0.6 is 17.0 Å². The second-order valence-corrected chi connectivity index (χ2v) is 106. The Labute approximate surface area is 362 Å². The van der Waals surface area contributed by atoms with Crippen molar-refractivity contribution in [3.05, 3.63) is 129 Å². The SMILES string of the molecule is CC1=C(CCCCCCOC(C)(C)C)c2c(-c3ccc(C(C)(C)C)cc3)cccc2[CH]1[Zr]([CH3])([CH3])([SiH3])([Cl])([Cl])[CH]1C(C(C)C)=Cc2c(-c3ccc(C(C)(C)C)cc3)cccc21. The first kappa shape index (κ1) is 46.5. The Hall–Kier alpha value is -2.00. The predicted octanol–water partition coefficient (Wildman–Crippen LogP) is 16.4. The van der Waals surface area contributed by atoms with E-state index in [1.165, 1.54) is 78.8 Å². The first-order chi connectivity index (χ1) is 26.9. The van der Waals surface area contributed by atoms with Crippen LogP contribution in [0.15, 0.2) is 96.1 Å². The van der Waals surface area contributed by atoms with Crippen molar-refractivity contribution in [3.63, 3.8) is 0 Å². The second-order valence-electron chi connectivity index (χ2n) is 24.2. The molecule has 2 aliphatic rings. The van der Waals surface area contributed by atoms with E-state index in [1.807, 2.05) is 0 Å². The van der Waals surface area contributed by atoms with Crippen molar-refractivity contribution in [2.45, 2.75) is 148 Å². The number of halogens is 2. The van der Waals surface area contributed by atoms with E-state index in [1.54, 1.807) is 0 Å². The summed E-state index contributed by atoms with van der Waals surface area (Å²) in [5.74, 6) is 0.283. The third-order valence-electron chi connectivity index (χ3n) is 13.9. The molecule has 0 aromatic heterocycles. The monoisotopic (exact) mass is 927 g/mol. The molecule has 319 valence electrons. The summed E-state index contributed by atoms with van der Waals surface area (Å²) in [6.45, 7) is 28.0. The normalized spacial score (nSPS) is 19.3. The van der Waals surface area contributed by atoms with E-state index in [9.17, 15) is 0 Å². The summed E-state index contributed by atoms with van der Waals surface area (Å²) in [7, 11) is 18.9. The van der Waals surface area contributed by atoms with Gasteiger partial charge in [0.05, 0.1) is 0 Å². The van der Waals surface area contributed by atoms with E-state index in [0.717, 1.165) is 32.3 Å². The van der Waals surface area contributed by atoms with Crippen molar-refractivity contribution in [2.24, 2.45) is 5.92 Å². The first-order valence-electron chi connectivity index (χ1n) is 22.6. The Kier molecular flexibility index (Phi) is 11.7. The first-order valence-corrected chi connectivity index (χ1v) is 45.1. The zero-order valence-electron chi connectivity index (χ0n) is 39.3. The zero-order chi connectivity index (χ0) is 43.7. The molecule has 4 aromatic rings. The molecular formula is C54H75Cl2OSiZr. The maximum absolute atomic E-state index is 9.09. The topological polar surface area (TPSA) is 9.23 Å². The average Bonchev–Trinajstić information content (AvgIpc) is 3.68. The van der Waals surface area contributed by atoms with Crippen LogP contribution in [0.1, 0.15) is 156 Å². The molecule has 0 saturated carbocycles. The molecule has 0 bridgehead atoms. The third-order valence-corrected chi connectivity index (χ3v) is 41.6. The van der Waals surface area contributed by atoms with Gasteiger partial charge in [-0.1, -0.05) is 0 Å². The average molecular weight is 930 g/mol. The summed E-state index contributed by atoms with van der Waals surface area (Å²) < 4.78 is 10.8. The molecule has 4 aromatic carbocycles. The minimum absolute atomic E-state index is 0.0600. The van der Waals surface area contributed by atoms with Gasteiger partial charge in [-0.05, 0) is 0 Å². The summed E-state index contributed by atoms with van der Waals surface area (Å²) in [4.78, 5) is 0. The van der Waals surface area contributed by atoms with Gasteiger partial charge in [0.1, 0.15) is 0 Å².